The number of hydrogen-bond acceptors (Lipinski definition) is 6. The highest BCUT2D eigenvalue weighted by atomic mass is 16.5. The molecule has 0 saturated carbocycles. The lowest BCUT2D eigenvalue weighted by atomic mass is 9.93. The normalized spacial score (nSPS) is 16.0. The zero-order valence-corrected chi connectivity index (χ0v) is 19.1. The minimum absolute atomic E-state index is 0.000336. The van der Waals surface area contributed by atoms with E-state index in [1.54, 1.807) is 13.3 Å². The van der Waals surface area contributed by atoms with E-state index in [1.807, 2.05) is 62.1 Å². The summed E-state index contributed by atoms with van der Waals surface area (Å²) in [6, 6.07) is 11.6. The van der Waals surface area contributed by atoms with Crippen LogP contribution in [0.25, 0.3) is 0 Å². The molecule has 0 bridgehead atoms. The molecule has 1 aromatic carbocycles. The Morgan fingerprint density at radius 2 is 1.88 bits per heavy atom. The van der Waals surface area contributed by atoms with Gasteiger partial charge in [-0.25, -0.2) is 15.0 Å². The first-order chi connectivity index (χ1) is 15.4. The number of amides is 1. The molecular weight excluding hydrogens is 402 g/mol. The van der Waals surface area contributed by atoms with Crippen LogP contribution in [-0.4, -0.2) is 46.0 Å². The number of ether oxygens (including phenoxy) is 1. The number of aromatic nitrogens is 3. The Kier molecular flexibility index (Phi) is 6.35. The molecule has 0 radical (unpaired) electrons. The van der Waals surface area contributed by atoms with E-state index >= 15 is 0 Å². The van der Waals surface area contributed by atoms with Crippen LogP contribution in [0.2, 0.25) is 0 Å². The number of anilines is 2. The van der Waals surface area contributed by atoms with Crippen molar-refractivity contribution in [2.75, 3.05) is 25.5 Å². The summed E-state index contributed by atoms with van der Waals surface area (Å²) in [5, 5.41) is 3.29. The minimum atomic E-state index is -0.000336. The molecule has 4 rings (SSSR count). The Morgan fingerprint density at radius 1 is 1.06 bits per heavy atom. The molecule has 7 nitrogen and oxygen atoms in total. The van der Waals surface area contributed by atoms with Crippen LogP contribution >= 0.6 is 0 Å². The maximum Gasteiger partial charge on any atom is 0.257 e. The van der Waals surface area contributed by atoms with Crippen LogP contribution in [-0.2, 0) is 0 Å². The molecule has 1 aliphatic heterocycles. The average molecular weight is 432 g/mol. The first-order valence-corrected chi connectivity index (χ1v) is 10.9. The van der Waals surface area contributed by atoms with E-state index in [4.69, 9.17) is 9.72 Å². The summed E-state index contributed by atoms with van der Waals surface area (Å²) >= 11 is 0. The third-order valence-electron chi connectivity index (χ3n) is 5.74. The Bertz CT molecular complexity index is 1130. The topological polar surface area (TPSA) is 80.2 Å². The zero-order chi connectivity index (χ0) is 22.7. The predicted molar refractivity (Wildman–Crippen MR) is 125 cm³/mol. The molecule has 0 spiro atoms. The molecular formula is C25H29N5O2. The Balaban J connectivity index is 1.54. The van der Waals surface area contributed by atoms with Crippen molar-refractivity contribution in [3.63, 3.8) is 0 Å². The monoisotopic (exact) mass is 431 g/mol. The average Bonchev–Trinajstić information content (AvgIpc) is 2.78. The van der Waals surface area contributed by atoms with Crippen LogP contribution in [0, 0.1) is 20.8 Å². The van der Waals surface area contributed by atoms with Crippen LogP contribution in [0.5, 0.6) is 5.75 Å². The van der Waals surface area contributed by atoms with Crippen molar-refractivity contribution in [3.8, 4) is 5.75 Å². The van der Waals surface area contributed by atoms with E-state index in [9.17, 15) is 4.79 Å². The van der Waals surface area contributed by atoms with Gasteiger partial charge in [-0.05, 0) is 69.0 Å². The van der Waals surface area contributed by atoms with Gasteiger partial charge in [0.05, 0.1) is 18.4 Å². The van der Waals surface area contributed by atoms with Crippen LogP contribution in [0.3, 0.4) is 0 Å². The van der Waals surface area contributed by atoms with E-state index in [0.29, 0.717) is 29.5 Å². The minimum Gasteiger partial charge on any atom is -0.496 e. The lowest BCUT2D eigenvalue weighted by Gasteiger charge is -2.33. The van der Waals surface area contributed by atoms with Crippen molar-refractivity contribution < 1.29 is 9.53 Å². The molecule has 32 heavy (non-hydrogen) atoms. The molecule has 3 aromatic rings. The van der Waals surface area contributed by atoms with Gasteiger partial charge in [0.15, 0.2) is 0 Å². The second-order valence-electron chi connectivity index (χ2n) is 8.36. The largest absolute Gasteiger partial charge is 0.496 e. The third kappa shape index (κ3) is 4.88. The second-order valence-corrected chi connectivity index (χ2v) is 8.36. The number of likely N-dealkylation sites (tertiary alicyclic amines) is 1. The second kappa shape index (κ2) is 9.34. The molecule has 166 valence electrons. The molecule has 1 N–H and O–H groups in total. The Morgan fingerprint density at radius 3 is 2.66 bits per heavy atom. The highest BCUT2D eigenvalue weighted by molar-refractivity contribution is 5.97. The first kappa shape index (κ1) is 21.7. The van der Waals surface area contributed by atoms with Crippen molar-refractivity contribution in [1.82, 2.24) is 19.9 Å². The number of nitrogens with zero attached hydrogens (tertiary/aromatic N) is 4. The molecule has 3 heterocycles. The summed E-state index contributed by atoms with van der Waals surface area (Å²) in [6.45, 7) is 7.26. The lowest BCUT2D eigenvalue weighted by molar-refractivity contribution is 0.0702. The number of carbonyl (C=O) groups excluding carboxylic acids is 1. The van der Waals surface area contributed by atoms with Gasteiger partial charge in [0.2, 0.25) is 0 Å². The zero-order valence-electron chi connectivity index (χ0n) is 19.1. The van der Waals surface area contributed by atoms with E-state index in [1.165, 1.54) is 0 Å². The summed E-state index contributed by atoms with van der Waals surface area (Å²) in [5.41, 5.74) is 3.74. The van der Waals surface area contributed by atoms with Crippen molar-refractivity contribution in [3.05, 3.63) is 70.8 Å². The van der Waals surface area contributed by atoms with Gasteiger partial charge < -0.3 is 15.0 Å². The Hall–Kier alpha value is -3.48. The number of benzene rings is 1. The van der Waals surface area contributed by atoms with Crippen molar-refractivity contribution in [2.24, 2.45) is 0 Å². The number of hydrogen-bond donors (Lipinski definition) is 1. The molecule has 2 aromatic heterocycles. The molecule has 1 fully saturated rings. The van der Waals surface area contributed by atoms with Gasteiger partial charge in [-0.3, -0.25) is 4.79 Å². The van der Waals surface area contributed by atoms with Crippen molar-refractivity contribution >= 4 is 17.5 Å². The van der Waals surface area contributed by atoms with Gasteiger partial charge in [-0.15, -0.1) is 0 Å². The summed E-state index contributed by atoms with van der Waals surface area (Å²) in [7, 11) is 1.60. The quantitative estimate of drug-likeness (QED) is 0.637. The molecule has 7 heteroatoms. The van der Waals surface area contributed by atoms with Crippen molar-refractivity contribution in [2.45, 2.75) is 39.5 Å². The molecule has 1 amide bonds. The van der Waals surface area contributed by atoms with E-state index in [2.05, 4.69) is 15.3 Å². The first-order valence-electron chi connectivity index (χ1n) is 10.9. The highest BCUT2D eigenvalue weighted by Crippen LogP contribution is 2.30. The van der Waals surface area contributed by atoms with Gasteiger partial charge in [-0.1, -0.05) is 6.07 Å². The van der Waals surface area contributed by atoms with Gasteiger partial charge in [0, 0.05) is 31.3 Å². The fraction of sp³-hybridized carbons (Fsp3) is 0.360. The smallest absolute Gasteiger partial charge is 0.257 e. The number of pyridine rings is 1. The number of rotatable bonds is 5. The van der Waals surface area contributed by atoms with Gasteiger partial charge in [-0.2, -0.15) is 0 Å². The number of aryl methyl sites for hydroxylation is 3. The number of piperidine rings is 1. The summed E-state index contributed by atoms with van der Waals surface area (Å²) in [6.07, 6.45) is 3.68. The van der Waals surface area contributed by atoms with Crippen LogP contribution in [0.4, 0.5) is 11.6 Å². The standard InChI is InChI=1S/C25H29N5O2/c1-16-7-8-20(22(12-16)32-4)25(31)30-11-5-6-19(15-30)21-14-24(28-18(3)27-21)29-23-13-17(2)9-10-26-23/h7-10,12-14,19H,5-6,11,15H2,1-4H3,(H,26,27,28,29). The Labute approximate surface area is 188 Å². The predicted octanol–water partition coefficient (Wildman–Crippen LogP) is 4.57. The fourth-order valence-corrected chi connectivity index (χ4v) is 4.15. The summed E-state index contributed by atoms with van der Waals surface area (Å²) in [4.78, 5) is 28.8. The number of nitrogens with one attached hydrogen (secondary N) is 1. The summed E-state index contributed by atoms with van der Waals surface area (Å²) in [5.74, 6) is 2.93. The van der Waals surface area contributed by atoms with Gasteiger partial charge in [0.25, 0.3) is 5.91 Å². The van der Waals surface area contributed by atoms with Crippen molar-refractivity contribution in [1.29, 1.82) is 0 Å². The molecule has 1 atom stereocenters. The van der Waals surface area contributed by atoms with Gasteiger partial charge >= 0.3 is 0 Å². The maximum absolute atomic E-state index is 13.3. The summed E-state index contributed by atoms with van der Waals surface area (Å²) < 4.78 is 5.46. The van der Waals surface area contributed by atoms with Gasteiger partial charge in [0.1, 0.15) is 23.2 Å². The number of methoxy groups -OCH3 is 1. The molecule has 1 aliphatic rings. The van der Waals surface area contributed by atoms with E-state index < -0.39 is 0 Å². The van der Waals surface area contributed by atoms with Crippen LogP contribution < -0.4 is 10.1 Å². The van der Waals surface area contributed by atoms with E-state index in [-0.39, 0.29) is 11.8 Å². The molecule has 0 aliphatic carbocycles. The number of carbonyl (C=O) groups is 1. The molecule has 1 unspecified atom stereocenters. The molecule has 1 saturated heterocycles. The fourth-order valence-electron chi connectivity index (χ4n) is 4.15. The SMILES string of the molecule is COc1cc(C)ccc1C(=O)N1CCCC(c2cc(Nc3cc(C)ccn3)nc(C)n2)C1. The maximum atomic E-state index is 13.3. The third-order valence-corrected chi connectivity index (χ3v) is 5.74. The lowest BCUT2D eigenvalue weighted by Crippen LogP contribution is -2.39. The van der Waals surface area contributed by atoms with Crippen LogP contribution in [0.1, 0.15) is 51.8 Å². The van der Waals surface area contributed by atoms with Crippen LogP contribution in [0.15, 0.2) is 42.6 Å². The highest BCUT2D eigenvalue weighted by Gasteiger charge is 2.28. The van der Waals surface area contributed by atoms with E-state index in [0.717, 1.165) is 42.0 Å².